The Kier molecular flexibility index (Phi) is 3.86. The maximum atomic E-state index is 10.6. The molecule has 0 aliphatic carbocycles. The SMILES string of the molecule is CCc1ccc(C[C@H](N)C(=O)O)c(C)c1. The summed E-state index contributed by atoms with van der Waals surface area (Å²) < 4.78 is 0. The lowest BCUT2D eigenvalue weighted by molar-refractivity contribution is -0.138. The number of benzene rings is 1. The van der Waals surface area contributed by atoms with Gasteiger partial charge < -0.3 is 10.8 Å². The summed E-state index contributed by atoms with van der Waals surface area (Å²) in [5.41, 5.74) is 8.88. The van der Waals surface area contributed by atoms with E-state index in [0.29, 0.717) is 6.42 Å². The largest absolute Gasteiger partial charge is 0.480 e. The molecule has 0 saturated carbocycles. The van der Waals surface area contributed by atoms with E-state index in [1.54, 1.807) is 0 Å². The van der Waals surface area contributed by atoms with Gasteiger partial charge in [0, 0.05) is 0 Å². The van der Waals surface area contributed by atoms with Gasteiger partial charge in [0.05, 0.1) is 0 Å². The van der Waals surface area contributed by atoms with E-state index in [1.165, 1.54) is 5.56 Å². The fourth-order valence-electron chi connectivity index (χ4n) is 1.53. The van der Waals surface area contributed by atoms with E-state index >= 15 is 0 Å². The predicted octanol–water partition coefficient (Wildman–Crippen LogP) is 1.51. The van der Waals surface area contributed by atoms with Crippen molar-refractivity contribution in [1.82, 2.24) is 0 Å². The van der Waals surface area contributed by atoms with Crippen LogP contribution in [-0.2, 0) is 17.6 Å². The van der Waals surface area contributed by atoms with Crippen LogP contribution >= 0.6 is 0 Å². The Balaban J connectivity index is 2.82. The van der Waals surface area contributed by atoms with E-state index < -0.39 is 12.0 Å². The van der Waals surface area contributed by atoms with Crippen molar-refractivity contribution in [3.63, 3.8) is 0 Å². The normalized spacial score (nSPS) is 12.5. The van der Waals surface area contributed by atoms with Crippen LogP contribution in [-0.4, -0.2) is 17.1 Å². The Labute approximate surface area is 89.9 Å². The van der Waals surface area contributed by atoms with Gasteiger partial charge in [0.15, 0.2) is 0 Å². The summed E-state index contributed by atoms with van der Waals surface area (Å²) in [5, 5.41) is 8.71. The molecule has 3 N–H and O–H groups in total. The average molecular weight is 207 g/mol. The number of carboxylic acid groups (broad SMARTS) is 1. The summed E-state index contributed by atoms with van der Waals surface area (Å²) >= 11 is 0. The Bertz CT molecular complexity index is 361. The zero-order valence-electron chi connectivity index (χ0n) is 9.16. The summed E-state index contributed by atoms with van der Waals surface area (Å²) in [4.78, 5) is 10.6. The molecule has 0 radical (unpaired) electrons. The summed E-state index contributed by atoms with van der Waals surface area (Å²) in [6.07, 6.45) is 1.39. The molecule has 0 heterocycles. The third-order valence-electron chi connectivity index (χ3n) is 2.57. The average Bonchev–Trinajstić information content (AvgIpc) is 2.20. The molecule has 0 amide bonds. The van der Waals surface area contributed by atoms with Gasteiger partial charge in [-0.3, -0.25) is 4.79 Å². The fraction of sp³-hybridized carbons (Fsp3) is 0.417. The molecule has 0 aliphatic heterocycles. The molecule has 0 aromatic heterocycles. The number of hydrogen-bond acceptors (Lipinski definition) is 2. The van der Waals surface area contributed by atoms with Crippen molar-refractivity contribution in [3.8, 4) is 0 Å². The molecule has 0 saturated heterocycles. The standard InChI is InChI=1S/C12H17NO2/c1-3-9-4-5-10(8(2)6-9)7-11(13)12(14)15/h4-6,11H,3,7,13H2,1-2H3,(H,14,15)/t11-/m0/s1. The van der Waals surface area contributed by atoms with E-state index in [2.05, 4.69) is 13.0 Å². The highest BCUT2D eigenvalue weighted by Gasteiger charge is 2.13. The zero-order valence-corrected chi connectivity index (χ0v) is 9.16. The van der Waals surface area contributed by atoms with E-state index in [1.807, 2.05) is 19.1 Å². The minimum Gasteiger partial charge on any atom is -0.480 e. The number of nitrogens with two attached hydrogens (primary N) is 1. The van der Waals surface area contributed by atoms with E-state index in [-0.39, 0.29) is 0 Å². The van der Waals surface area contributed by atoms with Crippen LogP contribution in [0.25, 0.3) is 0 Å². The summed E-state index contributed by atoms with van der Waals surface area (Å²) in [5.74, 6) is -0.950. The van der Waals surface area contributed by atoms with Gasteiger partial charge in [-0.25, -0.2) is 0 Å². The number of rotatable bonds is 4. The van der Waals surface area contributed by atoms with Crippen molar-refractivity contribution in [2.24, 2.45) is 5.73 Å². The molecule has 0 bridgehead atoms. The minimum absolute atomic E-state index is 0.394. The molecule has 15 heavy (non-hydrogen) atoms. The Morgan fingerprint density at radius 1 is 1.53 bits per heavy atom. The second-order valence-corrected chi connectivity index (χ2v) is 3.76. The van der Waals surface area contributed by atoms with E-state index in [0.717, 1.165) is 17.5 Å². The van der Waals surface area contributed by atoms with Crippen LogP contribution in [0.4, 0.5) is 0 Å². The van der Waals surface area contributed by atoms with E-state index in [9.17, 15) is 4.79 Å². The van der Waals surface area contributed by atoms with Gasteiger partial charge in [0.1, 0.15) is 6.04 Å². The van der Waals surface area contributed by atoms with Crippen molar-refractivity contribution in [2.75, 3.05) is 0 Å². The number of aryl methyl sites for hydroxylation is 2. The lowest BCUT2D eigenvalue weighted by atomic mass is 9.98. The van der Waals surface area contributed by atoms with Gasteiger partial charge in [-0.15, -0.1) is 0 Å². The second kappa shape index (κ2) is 4.94. The third kappa shape index (κ3) is 3.06. The summed E-state index contributed by atoms with van der Waals surface area (Å²) in [6.45, 7) is 4.08. The van der Waals surface area contributed by atoms with Crippen LogP contribution in [0.3, 0.4) is 0 Å². The smallest absolute Gasteiger partial charge is 0.320 e. The number of hydrogen-bond donors (Lipinski definition) is 2. The Hall–Kier alpha value is -1.35. The monoisotopic (exact) mass is 207 g/mol. The molecule has 0 spiro atoms. The van der Waals surface area contributed by atoms with Crippen molar-refractivity contribution in [3.05, 3.63) is 34.9 Å². The molecular weight excluding hydrogens is 190 g/mol. The first-order valence-electron chi connectivity index (χ1n) is 5.11. The predicted molar refractivity (Wildman–Crippen MR) is 59.9 cm³/mol. The minimum atomic E-state index is -0.950. The molecule has 0 fully saturated rings. The second-order valence-electron chi connectivity index (χ2n) is 3.76. The quantitative estimate of drug-likeness (QED) is 0.786. The molecule has 1 aromatic rings. The molecule has 1 atom stereocenters. The van der Waals surface area contributed by atoms with Gasteiger partial charge in [-0.05, 0) is 36.5 Å². The summed E-state index contributed by atoms with van der Waals surface area (Å²) in [7, 11) is 0. The maximum Gasteiger partial charge on any atom is 0.320 e. The van der Waals surface area contributed by atoms with Crippen LogP contribution in [0.5, 0.6) is 0 Å². The Morgan fingerprint density at radius 2 is 2.20 bits per heavy atom. The van der Waals surface area contributed by atoms with Crippen molar-refractivity contribution >= 4 is 5.97 Å². The van der Waals surface area contributed by atoms with Crippen LogP contribution in [0.1, 0.15) is 23.6 Å². The third-order valence-corrected chi connectivity index (χ3v) is 2.57. The zero-order chi connectivity index (χ0) is 11.4. The van der Waals surface area contributed by atoms with Crippen LogP contribution in [0, 0.1) is 6.92 Å². The van der Waals surface area contributed by atoms with Crippen LogP contribution in [0.2, 0.25) is 0 Å². The van der Waals surface area contributed by atoms with Crippen molar-refractivity contribution in [1.29, 1.82) is 0 Å². The highest BCUT2D eigenvalue weighted by molar-refractivity contribution is 5.73. The first-order valence-corrected chi connectivity index (χ1v) is 5.11. The van der Waals surface area contributed by atoms with Crippen molar-refractivity contribution in [2.45, 2.75) is 32.7 Å². The van der Waals surface area contributed by atoms with Gasteiger partial charge >= 0.3 is 5.97 Å². The topological polar surface area (TPSA) is 63.3 Å². The van der Waals surface area contributed by atoms with Gasteiger partial charge in [0.2, 0.25) is 0 Å². The van der Waals surface area contributed by atoms with E-state index in [4.69, 9.17) is 10.8 Å². The Morgan fingerprint density at radius 3 is 2.67 bits per heavy atom. The molecule has 1 aromatic carbocycles. The van der Waals surface area contributed by atoms with Gasteiger partial charge in [-0.2, -0.15) is 0 Å². The molecule has 3 nitrogen and oxygen atoms in total. The molecule has 0 aliphatic rings. The first-order chi connectivity index (χ1) is 7.04. The highest BCUT2D eigenvalue weighted by atomic mass is 16.4. The number of carbonyl (C=O) groups is 1. The van der Waals surface area contributed by atoms with Crippen molar-refractivity contribution < 1.29 is 9.90 Å². The fourth-order valence-corrected chi connectivity index (χ4v) is 1.53. The molecule has 3 heteroatoms. The molecular formula is C12H17NO2. The van der Waals surface area contributed by atoms with Gasteiger partial charge in [0.25, 0.3) is 0 Å². The molecule has 0 unspecified atom stereocenters. The maximum absolute atomic E-state index is 10.6. The lowest BCUT2D eigenvalue weighted by Gasteiger charge is -2.10. The van der Waals surface area contributed by atoms with Crippen LogP contribution < -0.4 is 5.73 Å². The number of aliphatic carboxylic acids is 1. The number of carboxylic acids is 1. The van der Waals surface area contributed by atoms with Gasteiger partial charge in [-0.1, -0.05) is 25.1 Å². The lowest BCUT2D eigenvalue weighted by Crippen LogP contribution is -2.32. The first kappa shape index (κ1) is 11.7. The van der Waals surface area contributed by atoms with Crippen LogP contribution in [0.15, 0.2) is 18.2 Å². The summed E-state index contributed by atoms with van der Waals surface area (Å²) in [6, 6.07) is 5.27. The highest BCUT2D eigenvalue weighted by Crippen LogP contribution is 2.13. The molecule has 1 rings (SSSR count). The molecule has 82 valence electrons.